The van der Waals surface area contributed by atoms with Crippen molar-refractivity contribution in [2.75, 3.05) is 26.9 Å². The Bertz CT molecular complexity index is 376. The molecule has 0 aliphatic rings. The highest BCUT2D eigenvalue weighted by molar-refractivity contribution is 5.21. The number of hydrogen-bond donors (Lipinski definition) is 3. The van der Waals surface area contributed by atoms with Gasteiger partial charge in [-0.3, -0.25) is 0 Å². The number of halogens is 2. The molecule has 6 heteroatoms. The van der Waals surface area contributed by atoms with E-state index in [0.29, 0.717) is 0 Å². The first kappa shape index (κ1) is 15.0. The van der Waals surface area contributed by atoms with Crippen molar-refractivity contribution in [3.63, 3.8) is 0 Å². The monoisotopic (exact) mass is 261 g/mol. The van der Waals surface area contributed by atoms with Crippen molar-refractivity contribution in [3.05, 3.63) is 35.4 Å². The van der Waals surface area contributed by atoms with E-state index in [9.17, 15) is 13.9 Å². The summed E-state index contributed by atoms with van der Waals surface area (Å²) in [6.45, 7) is 0.0794. The van der Waals surface area contributed by atoms with Crippen LogP contribution in [-0.2, 0) is 4.74 Å². The summed E-state index contributed by atoms with van der Waals surface area (Å²) in [5.41, 5.74) is -0.114. The van der Waals surface area contributed by atoms with E-state index in [-0.39, 0.29) is 31.4 Å². The third-order valence-corrected chi connectivity index (χ3v) is 2.51. The Morgan fingerprint density at radius 2 is 2.11 bits per heavy atom. The molecule has 3 N–H and O–H groups in total. The Balaban J connectivity index is 2.59. The summed E-state index contributed by atoms with van der Waals surface area (Å²) in [5, 5.41) is 21.5. The van der Waals surface area contributed by atoms with Crippen LogP contribution in [0.3, 0.4) is 0 Å². The van der Waals surface area contributed by atoms with Crippen LogP contribution < -0.4 is 5.32 Å². The molecule has 18 heavy (non-hydrogen) atoms. The van der Waals surface area contributed by atoms with Gasteiger partial charge in [0.15, 0.2) is 0 Å². The molecule has 2 unspecified atom stereocenters. The number of aliphatic hydroxyl groups excluding tert-OH is 2. The van der Waals surface area contributed by atoms with E-state index >= 15 is 0 Å². The summed E-state index contributed by atoms with van der Waals surface area (Å²) in [6.07, 6.45) is -1.19. The Morgan fingerprint density at radius 3 is 2.72 bits per heavy atom. The molecule has 2 atom stereocenters. The molecule has 1 aromatic carbocycles. The Hall–Kier alpha value is -1.08. The van der Waals surface area contributed by atoms with Gasteiger partial charge in [0.2, 0.25) is 0 Å². The van der Waals surface area contributed by atoms with Gasteiger partial charge in [-0.05, 0) is 18.2 Å². The maximum atomic E-state index is 13.3. The largest absolute Gasteiger partial charge is 0.395 e. The van der Waals surface area contributed by atoms with Crippen LogP contribution in [0, 0.1) is 11.6 Å². The Labute approximate surface area is 104 Å². The van der Waals surface area contributed by atoms with Crippen LogP contribution in [0.25, 0.3) is 0 Å². The topological polar surface area (TPSA) is 61.7 Å². The molecule has 4 nitrogen and oxygen atoms in total. The fraction of sp³-hybridized carbons (Fsp3) is 0.500. The number of benzene rings is 1. The van der Waals surface area contributed by atoms with E-state index in [1.54, 1.807) is 0 Å². The molecule has 0 spiro atoms. The molecular formula is C12H17F2NO3. The van der Waals surface area contributed by atoms with Crippen LogP contribution in [-0.4, -0.2) is 43.1 Å². The molecule has 0 aromatic heterocycles. The summed E-state index contributed by atoms with van der Waals surface area (Å²) >= 11 is 0. The second-order valence-corrected chi connectivity index (χ2v) is 3.92. The van der Waals surface area contributed by atoms with E-state index in [0.717, 1.165) is 18.2 Å². The number of aliphatic hydroxyl groups is 2. The lowest BCUT2D eigenvalue weighted by atomic mass is 10.1. The quantitative estimate of drug-likeness (QED) is 0.672. The van der Waals surface area contributed by atoms with Gasteiger partial charge in [-0.25, -0.2) is 8.78 Å². The van der Waals surface area contributed by atoms with E-state index in [1.165, 1.54) is 7.11 Å². The summed E-state index contributed by atoms with van der Waals surface area (Å²) in [6, 6.07) is 2.54. The maximum Gasteiger partial charge on any atom is 0.129 e. The van der Waals surface area contributed by atoms with E-state index < -0.39 is 17.7 Å². The van der Waals surface area contributed by atoms with Crippen molar-refractivity contribution in [3.8, 4) is 0 Å². The standard InChI is InChI=1S/C12H17F2NO3/c1-18-7-9(6-16)15-5-12(17)10-4-8(13)2-3-11(10)14/h2-4,9,12,15-17H,5-7H2,1H3. The first-order chi connectivity index (χ1) is 8.58. The van der Waals surface area contributed by atoms with Gasteiger partial charge in [-0.15, -0.1) is 0 Å². The van der Waals surface area contributed by atoms with E-state index in [2.05, 4.69) is 5.32 Å². The highest BCUT2D eigenvalue weighted by Crippen LogP contribution is 2.17. The number of nitrogens with one attached hydrogen (secondary N) is 1. The number of ether oxygens (including phenoxy) is 1. The van der Waals surface area contributed by atoms with Gasteiger partial charge in [0.1, 0.15) is 11.6 Å². The van der Waals surface area contributed by atoms with E-state index in [1.807, 2.05) is 0 Å². The van der Waals surface area contributed by atoms with E-state index in [4.69, 9.17) is 9.84 Å². The SMILES string of the molecule is COCC(CO)NCC(O)c1cc(F)ccc1F. The highest BCUT2D eigenvalue weighted by atomic mass is 19.1. The van der Waals surface area contributed by atoms with Crippen LogP contribution in [0.1, 0.15) is 11.7 Å². The molecule has 1 aromatic rings. The van der Waals surface area contributed by atoms with Crippen LogP contribution >= 0.6 is 0 Å². The molecule has 0 radical (unpaired) electrons. The van der Waals surface area contributed by atoms with Gasteiger partial charge in [-0.1, -0.05) is 0 Å². The third kappa shape index (κ3) is 4.30. The van der Waals surface area contributed by atoms with Gasteiger partial charge in [0.25, 0.3) is 0 Å². The van der Waals surface area contributed by atoms with Crippen molar-refractivity contribution in [2.24, 2.45) is 0 Å². The zero-order chi connectivity index (χ0) is 13.5. The van der Waals surface area contributed by atoms with Crippen molar-refractivity contribution in [1.29, 1.82) is 0 Å². The van der Waals surface area contributed by atoms with Gasteiger partial charge in [0, 0.05) is 19.2 Å². The smallest absolute Gasteiger partial charge is 0.129 e. The van der Waals surface area contributed by atoms with Gasteiger partial charge in [0.05, 0.1) is 25.4 Å². The van der Waals surface area contributed by atoms with Crippen molar-refractivity contribution in [2.45, 2.75) is 12.1 Å². The number of rotatable bonds is 7. The van der Waals surface area contributed by atoms with Crippen LogP contribution in [0.4, 0.5) is 8.78 Å². The predicted molar refractivity (Wildman–Crippen MR) is 62.1 cm³/mol. The first-order valence-electron chi connectivity index (χ1n) is 5.54. The lowest BCUT2D eigenvalue weighted by Crippen LogP contribution is -2.39. The number of methoxy groups -OCH3 is 1. The molecular weight excluding hydrogens is 244 g/mol. The van der Waals surface area contributed by atoms with Crippen molar-refractivity contribution in [1.82, 2.24) is 5.32 Å². The minimum atomic E-state index is -1.19. The fourth-order valence-corrected chi connectivity index (χ4v) is 1.54. The summed E-state index contributed by atoms with van der Waals surface area (Å²) < 4.78 is 31.1. The normalized spacial score (nSPS) is 14.5. The lowest BCUT2D eigenvalue weighted by molar-refractivity contribution is 0.110. The molecule has 0 saturated heterocycles. The minimum absolute atomic E-state index is 0.00500. The molecule has 0 heterocycles. The molecule has 0 amide bonds. The fourth-order valence-electron chi connectivity index (χ4n) is 1.54. The van der Waals surface area contributed by atoms with Crippen LogP contribution in [0.15, 0.2) is 18.2 Å². The Morgan fingerprint density at radius 1 is 1.39 bits per heavy atom. The van der Waals surface area contributed by atoms with Crippen molar-refractivity contribution < 1.29 is 23.7 Å². The second-order valence-electron chi connectivity index (χ2n) is 3.92. The van der Waals surface area contributed by atoms with Crippen LogP contribution in [0.2, 0.25) is 0 Å². The van der Waals surface area contributed by atoms with Crippen molar-refractivity contribution >= 4 is 0 Å². The average Bonchev–Trinajstić information content (AvgIpc) is 2.37. The van der Waals surface area contributed by atoms with Gasteiger partial charge < -0.3 is 20.3 Å². The third-order valence-electron chi connectivity index (χ3n) is 2.51. The van der Waals surface area contributed by atoms with Gasteiger partial charge in [-0.2, -0.15) is 0 Å². The number of hydrogen-bond acceptors (Lipinski definition) is 4. The second kappa shape index (κ2) is 7.38. The minimum Gasteiger partial charge on any atom is -0.395 e. The first-order valence-corrected chi connectivity index (χ1v) is 5.54. The molecule has 0 saturated carbocycles. The lowest BCUT2D eigenvalue weighted by Gasteiger charge is -2.18. The zero-order valence-corrected chi connectivity index (χ0v) is 10.1. The highest BCUT2D eigenvalue weighted by Gasteiger charge is 2.15. The van der Waals surface area contributed by atoms with Gasteiger partial charge >= 0.3 is 0 Å². The summed E-state index contributed by atoms with van der Waals surface area (Å²) in [5.74, 6) is -1.28. The molecule has 0 aliphatic heterocycles. The maximum absolute atomic E-state index is 13.3. The summed E-state index contributed by atoms with van der Waals surface area (Å²) in [4.78, 5) is 0. The molecule has 0 aliphatic carbocycles. The molecule has 1 rings (SSSR count). The average molecular weight is 261 g/mol. The summed E-state index contributed by atoms with van der Waals surface area (Å²) in [7, 11) is 1.48. The molecule has 0 fully saturated rings. The molecule has 102 valence electrons. The Kier molecular flexibility index (Phi) is 6.14. The predicted octanol–water partition coefficient (Wildman–Crippen LogP) is 0.595. The van der Waals surface area contributed by atoms with Crippen LogP contribution in [0.5, 0.6) is 0 Å². The molecule has 0 bridgehead atoms. The zero-order valence-electron chi connectivity index (χ0n) is 10.1.